The second-order valence-corrected chi connectivity index (χ2v) is 11.3. The van der Waals surface area contributed by atoms with Crippen LogP contribution in [-0.2, 0) is 9.59 Å². The minimum Gasteiger partial charge on any atom is -0.494 e. The van der Waals surface area contributed by atoms with Crippen molar-refractivity contribution in [1.29, 1.82) is 0 Å². The Morgan fingerprint density at radius 2 is 1.39 bits per heavy atom. The number of alkyl halides is 4. The Morgan fingerprint density at radius 3 is 1.87 bits per heavy atom. The molecule has 3 aliphatic rings. The number of benzene rings is 1. The van der Waals surface area contributed by atoms with Crippen LogP contribution in [0.1, 0.15) is 32.6 Å². The Kier molecular flexibility index (Phi) is 6.25. The predicted molar refractivity (Wildman–Crippen MR) is 126 cm³/mol. The summed E-state index contributed by atoms with van der Waals surface area (Å²) in [7, 11) is 0. The van der Waals surface area contributed by atoms with E-state index in [4.69, 9.17) is 74.3 Å². The maximum atomic E-state index is 13.3. The molecule has 0 unspecified atom stereocenters. The molecular formula is C21H19Cl6NO3. The third-order valence-electron chi connectivity index (χ3n) is 6.27. The molecule has 2 bridgehead atoms. The van der Waals surface area contributed by atoms with E-state index in [1.54, 1.807) is 24.3 Å². The van der Waals surface area contributed by atoms with E-state index < -0.39 is 37.7 Å². The number of carbonyl (C=O) groups is 2. The quantitative estimate of drug-likeness (QED) is 0.220. The lowest BCUT2D eigenvalue weighted by Crippen LogP contribution is -2.50. The Labute approximate surface area is 210 Å². The first kappa shape index (κ1) is 23.8. The van der Waals surface area contributed by atoms with E-state index in [0.717, 1.165) is 24.2 Å². The first-order chi connectivity index (χ1) is 14.5. The van der Waals surface area contributed by atoms with E-state index in [2.05, 4.69) is 6.92 Å². The van der Waals surface area contributed by atoms with Crippen molar-refractivity contribution in [3.63, 3.8) is 0 Å². The summed E-state index contributed by atoms with van der Waals surface area (Å²) < 4.78 is 3.79. The summed E-state index contributed by atoms with van der Waals surface area (Å²) in [5, 5.41) is -0.209. The van der Waals surface area contributed by atoms with Gasteiger partial charge in [-0.3, -0.25) is 9.59 Å². The highest BCUT2D eigenvalue weighted by Gasteiger charge is 2.87. The highest BCUT2D eigenvalue weighted by Crippen LogP contribution is 2.77. The summed E-state index contributed by atoms with van der Waals surface area (Å²) in [4.78, 5) is 24.1. The minimum atomic E-state index is -1.93. The first-order valence-corrected chi connectivity index (χ1v) is 12.2. The number of halogens is 6. The molecule has 4 nitrogen and oxygen atoms in total. The van der Waals surface area contributed by atoms with Crippen LogP contribution < -0.4 is 9.64 Å². The number of anilines is 1. The fourth-order valence-electron chi connectivity index (χ4n) is 4.66. The molecular weight excluding hydrogens is 527 g/mol. The average molecular weight is 546 g/mol. The number of allylic oxidation sites excluding steroid dienone is 2. The van der Waals surface area contributed by atoms with E-state index >= 15 is 0 Å². The van der Waals surface area contributed by atoms with E-state index in [-0.39, 0.29) is 10.1 Å². The van der Waals surface area contributed by atoms with Crippen molar-refractivity contribution in [3.8, 4) is 5.75 Å². The number of hydrogen-bond acceptors (Lipinski definition) is 3. The van der Waals surface area contributed by atoms with Gasteiger partial charge in [0.25, 0.3) is 0 Å². The van der Waals surface area contributed by atoms with Crippen LogP contribution in [0.25, 0.3) is 0 Å². The molecule has 0 spiro atoms. The molecule has 1 saturated heterocycles. The normalized spacial score (nSPS) is 33.5. The van der Waals surface area contributed by atoms with Crippen molar-refractivity contribution < 1.29 is 14.3 Å². The fourth-order valence-corrected chi connectivity index (χ4v) is 7.59. The lowest BCUT2D eigenvalue weighted by molar-refractivity contribution is -0.123. The Bertz CT molecular complexity index is 918. The predicted octanol–water partition coefficient (Wildman–Crippen LogP) is 6.60. The molecule has 2 amide bonds. The molecule has 2 aliphatic carbocycles. The fraction of sp³-hybridized carbons (Fsp3) is 0.524. The van der Waals surface area contributed by atoms with Gasteiger partial charge in [0.05, 0.1) is 34.2 Å². The molecule has 1 heterocycles. The summed E-state index contributed by atoms with van der Waals surface area (Å²) >= 11 is 39.0. The monoisotopic (exact) mass is 543 g/mol. The molecule has 4 atom stereocenters. The van der Waals surface area contributed by atoms with Crippen molar-refractivity contribution in [1.82, 2.24) is 0 Å². The number of nitrogens with zero attached hydrogens (tertiary/aromatic N) is 1. The minimum absolute atomic E-state index is 0.105. The number of amides is 2. The van der Waals surface area contributed by atoms with Crippen molar-refractivity contribution in [2.75, 3.05) is 11.5 Å². The zero-order chi connectivity index (χ0) is 22.8. The molecule has 1 saturated carbocycles. The summed E-state index contributed by atoms with van der Waals surface area (Å²) in [6.45, 7) is 2.75. The third kappa shape index (κ3) is 3.02. The van der Waals surface area contributed by atoms with Gasteiger partial charge in [0.15, 0.2) is 4.33 Å². The lowest BCUT2D eigenvalue weighted by Gasteiger charge is -2.34. The van der Waals surface area contributed by atoms with Crippen LogP contribution >= 0.6 is 69.6 Å². The van der Waals surface area contributed by atoms with Gasteiger partial charge < -0.3 is 4.74 Å². The van der Waals surface area contributed by atoms with Crippen LogP contribution in [0.3, 0.4) is 0 Å². The SMILES string of the molecule is CCCCCCOc1ccc(N2C(=O)[C@@H]3[C@H](C2=O)[C@@]2(Cl)C(Cl)=C(Cl)[C@@]3(Cl)C2(Cl)Cl)cc1. The average Bonchev–Trinajstić information content (AvgIpc) is 3.12. The second kappa shape index (κ2) is 8.14. The summed E-state index contributed by atoms with van der Waals surface area (Å²) in [5.74, 6) is -2.78. The highest BCUT2D eigenvalue weighted by atomic mass is 35.5. The number of carbonyl (C=O) groups excluding carboxylic acids is 2. The van der Waals surface area contributed by atoms with Crippen LogP contribution in [0.15, 0.2) is 34.3 Å². The molecule has 0 N–H and O–H groups in total. The maximum Gasteiger partial charge on any atom is 0.240 e. The second-order valence-electron chi connectivity index (χ2n) is 8.00. The molecule has 0 aromatic heterocycles. The van der Waals surface area contributed by atoms with Crippen molar-refractivity contribution >= 4 is 87.1 Å². The molecule has 10 heteroatoms. The van der Waals surface area contributed by atoms with Crippen molar-refractivity contribution in [3.05, 3.63) is 34.3 Å². The van der Waals surface area contributed by atoms with Gasteiger partial charge in [-0.2, -0.15) is 0 Å². The lowest BCUT2D eigenvalue weighted by atomic mass is 9.84. The number of imide groups is 1. The standard InChI is InChI=1S/C21H19Cl6NO3/c1-2-3-4-5-10-31-12-8-6-11(7-9-12)28-17(29)13-14(18(28)30)20(25)16(23)15(22)19(13,24)21(20,26)27/h6-9,13-14H,2-5,10H2,1H3/t13-,14+,19-,20-/m1/s1. The largest absolute Gasteiger partial charge is 0.494 e. The topological polar surface area (TPSA) is 46.6 Å². The van der Waals surface area contributed by atoms with Gasteiger partial charge in [0.1, 0.15) is 15.5 Å². The van der Waals surface area contributed by atoms with Gasteiger partial charge in [-0.15, -0.1) is 23.2 Å². The van der Waals surface area contributed by atoms with Crippen LogP contribution in [-0.4, -0.2) is 32.5 Å². The number of fused-ring (bicyclic) bond motifs is 5. The van der Waals surface area contributed by atoms with Crippen LogP contribution in [0, 0.1) is 11.8 Å². The number of ether oxygens (including phenoxy) is 1. The Morgan fingerprint density at radius 1 is 0.871 bits per heavy atom. The Hall–Kier alpha value is -0.360. The molecule has 31 heavy (non-hydrogen) atoms. The van der Waals surface area contributed by atoms with E-state index in [1.165, 1.54) is 6.42 Å². The molecule has 1 aliphatic heterocycles. The van der Waals surface area contributed by atoms with Crippen LogP contribution in [0.4, 0.5) is 5.69 Å². The van der Waals surface area contributed by atoms with E-state index in [1.807, 2.05) is 0 Å². The zero-order valence-electron chi connectivity index (χ0n) is 16.4. The van der Waals surface area contributed by atoms with Crippen molar-refractivity contribution in [2.24, 2.45) is 11.8 Å². The van der Waals surface area contributed by atoms with Gasteiger partial charge in [-0.05, 0) is 30.7 Å². The third-order valence-corrected chi connectivity index (χ3v) is 10.5. The van der Waals surface area contributed by atoms with Crippen LogP contribution in [0.2, 0.25) is 0 Å². The summed E-state index contributed by atoms with van der Waals surface area (Å²) in [6.07, 6.45) is 4.39. The molecule has 2 fully saturated rings. The van der Waals surface area contributed by atoms with Crippen molar-refractivity contribution in [2.45, 2.75) is 46.7 Å². The first-order valence-electron chi connectivity index (χ1n) is 9.97. The molecule has 4 rings (SSSR count). The zero-order valence-corrected chi connectivity index (χ0v) is 21.0. The number of rotatable bonds is 7. The van der Waals surface area contributed by atoms with Crippen LogP contribution in [0.5, 0.6) is 5.75 Å². The highest BCUT2D eigenvalue weighted by molar-refractivity contribution is 6.67. The summed E-state index contributed by atoms with van der Waals surface area (Å²) in [5.41, 5.74) is 0.365. The Balaban J connectivity index is 1.58. The van der Waals surface area contributed by atoms with Gasteiger partial charge >= 0.3 is 0 Å². The number of hydrogen-bond donors (Lipinski definition) is 0. The molecule has 0 radical (unpaired) electrons. The van der Waals surface area contributed by atoms with Gasteiger partial charge in [-0.1, -0.05) is 72.6 Å². The van der Waals surface area contributed by atoms with Gasteiger partial charge in [0, 0.05) is 0 Å². The molecule has 1 aromatic carbocycles. The molecule has 168 valence electrons. The maximum absolute atomic E-state index is 13.3. The van der Waals surface area contributed by atoms with E-state index in [0.29, 0.717) is 18.0 Å². The van der Waals surface area contributed by atoms with Gasteiger partial charge in [0.2, 0.25) is 11.8 Å². The van der Waals surface area contributed by atoms with Gasteiger partial charge in [-0.25, -0.2) is 4.90 Å². The molecule has 1 aromatic rings. The summed E-state index contributed by atoms with van der Waals surface area (Å²) in [6, 6.07) is 6.67. The number of unbranched alkanes of at least 4 members (excludes halogenated alkanes) is 3. The smallest absolute Gasteiger partial charge is 0.240 e. The van der Waals surface area contributed by atoms with E-state index in [9.17, 15) is 9.59 Å².